The molecule has 258 valence electrons. The van der Waals surface area contributed by atoms with Crippen LogP contribution in [0.3, 0.4) is 0 Å². The van der Waals surface area contributed by atoms with Gasteiger partial charge in [0.1, 0.15) is 17.8 Å². The van der Waals surface area contributed by atoms with Gasteiger partial charge in [-0.3, -0.25) is 29.5 Å². The van der Waals surface area contributed by atoms with E-state index in [1.165, 1.54) is 23.9 Å². The summed E-state index contributed by atoms with van der Waals surface area (Å²) in [6.45, 7) is -0.0243. The van der Waals surface area contributed by atoms with Crippen LogP contribution in [0, 0.1) is 10.8 Å². The average Bonchev–Trinajstić information content (AvgIpc) is 3.83. The highest BCUT2D eigenvalue weighted by Crippen LogP contribution is 2.42. The number of rotatable bonds is 9. The largest absolute Gasteiger partial charge is 0.417 e. The van der Waals surface area contributed by atoms with Gasteiger partial charge < -0.3 is 15.4 Å². The number of anilines is 2. The van der Waals surface area contributed by atoms with Gasteiger partial charge in [0.25, 0.3) is 0 Å². The lowest BCUT2D eigenvalue weighted by atomic mass is 9.85. The number of carbonyl (C=O) groups is 2. The number of nitrogens with two attached hydrogens (primary N) is 1. The Labute approximate surface area is 286 Å². The number of benzene rings is 1. The zero-order valence-corrected chi connectivity index (χ0v) is 27.4. The van der Waals surface area contributed by atoms with Gasteiger partial charge in [-0.05, 0) is 55.1 Å². The molecular formula is C35H36F2N10O3. The lowest BCUT2D eigenvalue weighted by Gasteiger charge is -2.29. The van der Waals surface area contributed by atoms with E-state index in [0.29, 0.717) is 62.8 Å². The van der Waals surface area contributed by atoms with Crippen LogP contribution >= 0.6 is 0 Å². The van der Waals surface area contributed by atoms with Crippen LogP contribution in [-0.2, 0) is 16.6 Å². The fourth-order valence-corrected chi connectivity index (χ4v) is 6.90. The summed E-state index contributed by atoms with van der Waals surface area (Å²) in [5.41, 5.74) is 9.44. The van der Waals surface area contributed by atoms with Crippen LogP contribution in [0.25, 0.3) is 17.0 Å². The van der Waals surface area contributed by atoms with Crippen molar-refractivity contribution in [3.63, 3.8) is 0 Å². The van der Waals surface area contributed by atoms with Gasteiger partial charge in [0, 0.05) is 56.6 Å². The van der Waals surface area contributed by atoms with Gasteiger partial charge >= 0.3 is 6.61 Å². The number of carbonyl (C=O) groups excluding carboxylic acids is 2. The molecule has 4 aromatic rings. The van der Waals surface area contributed by atoms with E-state index in [4.69, 9.17) is 11.1 Å². The number of nitrogens with zero attached hydrogens (tertiary/aromatic N) is 8. The molecule has 7 rings (SSSR count). The van der Waals surface area contributed by atoms with Crippen LogP contribution in [0.5, 0.6) is 5.88 Å². The first-order chi connectivity index (χ1) is 24.1. The number of nitrogen functional groups attached to an aromatic ring is 1. The van der Waals surface area contributed by atoms with Gasteiger partial charge in [0.2, 0.25) is 17.7 Å². The summed E-state index contributed by atoms with van der Waals surface area (Å²) in [7, 11) is 1.84. The summed E-state index contributed by atoms with van der Waals surface area (Å²) >= 11 is 0. The highest BCUT2D eigenvalue weighted by Gasteiger charge is 2.51. The SMILES string of the molecule is Cn1cnc(-c2ccc(C3=CCN(C(=O)CN4CC[C@]5(CCN(c6ccc(N)c(C(=N)c7ccc(OC(F)F)nc7)n6)C5=O)C4)CC3)cc2)n1. The predicted molar refractivity (Wildman–Crippen MR) is 182 cm³/mol. The van der Waals surface area contributed by atoms with Gasteiger partial charge in [-0.2, -0.15) is 13.9 Å². The minimum atomic E-state index is -3.01. The first-order valence-corrected chi connectivity index (χ1v) is 16.3. The second-order valence-corrected chi connectivity index (χ2v) is 12.8. The summed E-state index contributed by atoms with van der Waals surface area (Å²) in [6, 6.07) is 14.1. The van der Waals surface area contributed by atoms with E-state index < -0.39 is 12.0 Å². The van der Waals surface area contributed by atoms with Gasteiger partial charge in [-0.15, -0.1) is 0 Å². The van der Waals surface area contributed by atoms with Gasteiger partial charge in [-0.25, -0.2) is 15.0 Å². The number of amides is 2. The number of ether oxygens (including phenoxy) is 1. The monoisotopic (exact) mass is 682 g/mol. The van der Waals surface area contributed by atoms with E-state index in [9.17, 15) is 18.4 Å². The zero-order valence-electron chi connectivity index (χ0n) is 27.4. The molecule has 2 amide bonds. The highest BCUT2D eigenvalue weighted by molar-refractivity contribution is 6.12. The van der Waals surface area contributed by atoms with Crippen LogP contribution in [0.4, 0.5) is 20.3 Å². The topological polar surface area (TPSA) is 159 Å². The maximum atomic E-state index is 13.9. The quantitative estimate of drug-likeness (QED) is 0.252. The predicted octanol–water partition coefficient (Wildman–Crippen LogP) is 3.62. The van der Waals surface area contributed by atoms with Gasteiger partial charge in [-0.1, -0.05) is 30.3 Å². The Morgan fingerprint density at radius 2 is 1.82 bits per heavy atom. The van der Waals surface area contributed by atoms with Crippen molar-refractivity contribution >= 4 is 34.6 Å². The molecule has 0 radical (unpaired) electrons. The third-order valence-corrected chi connectivity index (χ3v) is 9.64. The number of alkyl halides is 2. The number of halogens is 2. The third kappa shape index (κ3) is 6.55. The number of likely N-dealkylation sites (tertiary alicyclic amines) is 1. The Morgan fingerprint density at radius 3 is 2.50 bits per heavy atom. The number of hydrogen-bond donors (Lipinski definition) is 2. The molecule has 1 atom stereocenters. The van der Waals surface area contributed by atoms with E-state index in [1.807, 2.05) is 24.1 Å². The van der Waals surface area contributed by atoms with Crippen molar-refractivity contribution in [3.05, 3.63) is 84.0 Å². The number of aryl methyl sites for hydroxylation is 1. The molecule has 0 unspecified atom stereocenters. The van der Waals surface area contributed by atoms with E-state index in [2.05, 4.69) is 47.9 Å². The van der Waals surface area contributed by atoms with Crippen molar-refractivity contribution in [1.29, 1.82) is 5.41 Å². The maximum Gasteiger partial charge on any atom is 0.388 e. The molecule has 3 aliphatic rings. The van der Waals surface area contributed by atoms with E-state index >= 15 is 0 Å². The van der Waals surface area contributed by atoms with Gasteiger partial charge in [0.15, 0.2) is 5.82 Å². The second kappa shape index (κ2) is 13.4. The molecule has 13 nitrogen and oxygen atoms in total. The Bertz CT molecular complexity index is 1960. The van der Waals surface area contributed by atoms with Crippen LogP contribution in [0.1, 0.15) is 36.1 Å². The van der Waals surface area contributed by atoms with Gasteiger partial charge in [0.05, 0.1) is 23.4 Å². The fourth-order valence-electron chi connectivity index (χ4n) is 6.90. The molecule has 0 saturated carbocycles. The van der Waals surface area contributed by atoms with Crippen molar-refractivity contribution in [2.24, 2.45) is 12.5 Å². The second-order valence-electron chi connectivity index (χ2n) is 12.8. The van der Waals surface area contributed by atoms with Crippen molar-refractivity contribution in [2.75, 3.05) is 49.9 Å². The smallest absolute Gasteiger partial charge is 0.388 e. The third-order valence-electron chi connectivity index (χ3n) is 9.64. The summed E-state index contributed by atoms with van der Waals surface area (Å²) in [4.78, 5) is 45.5. The molecule has 1 spiro atoms. The molecular weight excluding hydrogens is 646 g/mol. The van der Waals surface area contributed by atoms with Crippen LogP contribution < -0.4 is 15.4 Å². The molecule has 1 aromatic carbocycles. The van der Waals surface area contributed by atoms with Crippen molar-refractivity contribution < 1.29 is 23.1 Å². The summed E-state index contributed by atoms with van der Waals surface area (Å²) in [5.74, 6) is 0.768. The molecule has 50 heavy (non-hydrogen) atoms. The zero-order chi connectivity index (χ0) is 35.0. The molecule has 2 saturated heterocycles. The molecule has 0 aliphatic carbocycles. The number of hydrogen-bond acceptors (Lipinski definition) is 10. The van der Waals surface area contributed by atoms with Crippen LogP contribution in [0.15, 0.2) is 67.1 Å². The molecule has 3 N–H and O–H groups in total. The summed E-state index contributed by atoms with van der Waals surface area (Å²) in [5, 5.41) is 13.0. The molecule has 6 heterocycles. The van der Waals surface area contributed by atoms with Crippen molar-refractivity contribution in [3.8, 4) is 17.3 Å². The first kappa shape index (κ1) is 33.0. The number of aromatic nitrogens is 5. The van der Waals surface area contributed by atoms with E-state index in [-0.39, 0.29) is 41.3 Å². The first-order valence-electron chi connectivity index (χ1n) is 16.3. The average molecular weight is 683 g/mol. The summed E-state index contributed by atoms with van der Waals surface area (Å²) in [6.07, 6.45) is 7.04. The lowest BCUT2D eigenvalue weighted by Crippen LogP contribution is -2.43. The Morgan fingerprint density at radius 1 is 1.04 bits per heavy atom. The Hall–Kier alpha value is -5.57. The molecule has 0 bridgehead atoms. The molecule has 15 heteroatoms. The normalized spacial score (nSPS) is 19.4. The van der Waals surface area contributed by atoms with Crippen molar-refractivity contribution in [1.82, 2.24) is 34.5 Å². The van der Waals surface area contributed by atoms with E-state index in [0.717, 1.165) is 17.5 Å². The summed E-state index contributed by atoms with van der Waals surface area (Å²) < 4.78 is 31.0. The molecule has 3 aliphatic heterocycles. The Balaban J connectivity index is 0.951. The standard InChI is InChI=1S/C35H36F2N10O3/c1-44-21-41-32(43-44)24-4-2-22(3-5-24)23-10-14-46(15-11-23)29(48)19-45-16-12-35(20-45)13-17-47(33(35)49)27-8-7-26(38)31(42-27)30(39)25-6-9-28(40-18-25)50-34(36)37/h2-10,18,21,34,39H,11-17,19-20,38H2,1H3/t35-/m0/s1. The number of nitrogens with one attached hydrogen (secondary N) is 1. The van der Waals surface area contributed by atoms with Crippen LogP contribution in [0.2, 0.25) is 0 Å². The Kier molecular flexibility index (Phi) is 8.82. The maximum absolute atomic E-state index is 13.9. The minimum Gasteiger partial charge on any atom is -0.417 e. The van der Waals surface area contributed by atoms with Crippen molar-refractivity contribution in [2.45, 2.75) is 25.9 Å². The van der Waals surface area contributed by atoms with E-state index in [1.54, 1.807) is 28.0 Å². The lowest BCUT2D eigenvalue weighted by molar-refractivity contribution is -0.132. The molecule has 2 fully saturated rings. The molecule has 3 aromatic heterocycles. The minimum absolute atomic E-state index is 0.0443. The highest BCUT2D eigenvalue weighted by atomic mass is 19.3. The fraction of sp³-hybridized carbons (Fsp3) is 0.343. The number of pyridine rings is 2. The van der Waals surface area contributed by atoms with Crippen LogP contribution in [-0.4, -0.2) is 97.9 Å².